The Kier molecular flexibility index (Phi) is 4.71. The van der Waals surface area contributed by atoms with E-state index >= 15 is 0 Å². The number of halogens is 2. The lowest BCUT2D eigenvalue weighted by molar-refractivity contribution is -0.686. The summed E-state index contributed by atoms with van der Waals surface area (Å²) in [4.78, 5) is 0. The van der Waals surface area contributed by atoms with Crippen molar-refractivity contribution in [3.8, 4) is 5.69 Å². The first-order valence-electron chi connectivity index (χ1n) is 7.92. The average molecular weight is 328 g/mol. The van der Waals surface area contributed by atoms with Crippen LogP contribution >= 0.6 is 0 Å². The lowest BCUT2D eigenvalue weighted by atomic mass is 10.1. The van der Waals surface area contributed by atoms with Crippen LogP contribution in [0.5, 0.6) is 0 Å². The van der Waals surface area contributed by atoms with Crippen molar-refractivity contribution in [1.29, 1.82) is 0 Å². The minimum absolute atomic E-state index is 0.217. The number of hydrogen-bond donors (Lipinski definition) is 1. The smallest absolute Gasteiger partial charge is 0.123 e. The highest BCUT2D eigenvalue weighted by Gasteiger charge is 2.14. The lowest BCUT2D eigenvalue weighted by Gasteiger charge is -2.06. The molecule has 0 radical (unpaired) electrons. The number of hydrogen-bond acceptors (Lipinski definition) is 1. The van der Waals surface area contributed by atoms with Crippen molar-refractivity contribution in [3.05, 3.63) is 82.7 Å². The Morgan fingerprint density at radius 1 is 0.875 bits per heavy atom. The van der Waals surface area contributed by atoms with E-state index in [2.05, 4.69) is 10.4 Å². The minimum Gasteiger partial charge on any atom is -0.339 e. The topological polar surface area (TPSA) is 34.4 Å². The molecule has 3 nitrogen and oxygen atoms in total. The number of aryl methyl sites for hydroxylation is 1. The molecule has 3 aromatic rings. The van der Waals surface area contributed by atoms with Gasteiger partial charge in [-0.2, -0.15) is 5.10 Å². The van der Waals surface area contributed by atoms with Crippen LogP contribution in [0.3, 0.4) is 0 Å². The predicted octanol–water partition coefficient (Wildman–Crippen LogP) is 3.03. The van der Waals surface area contributed by atoms with E-state index in [1.165, 1.54) is 29.8 Å². The van der Waals surface area contributed by atoms with Crippen LogP contribution in [0, 0.1) is 25.5 Å². The molecule has 124 valence electrons. The summed E-state index contributed by atoms with van der Waals surface area (Å²) in [5.74, 6) is -0.473. The van der Waals surface area contributed by atoms with Crippen LogP contribution in [0.2, 0.25) is 0 Å². The lowest BCUT2D eigenvalue weighted by Crippen LogP contribution is -2.80. The molecule has 0 amide bonds. The van der Waals surface area contributed by atoms with Crippen molar-refractivity contribution < 1.29 is 14.1 Å². The van der Waals surface area contributed by atoms with Gasteiger partial charge in [0.05, 0.1) is 22.6 Å². The molecule has 0 unspecified atom stereocenters. The molecule has 2 N–H and O–H groups in total. The number of benzene rings is 2. The van der Waals surface area contributed by atoms with Gasteiger partial charge in [0.1, 0.15) is 24.7 Å². The summed E-state index contributed by atoms with van der Waals surface area (Å²) in [5.41, 5.74) is 5.11. The molecule has 24 heavy (non-hydrogen) atoms. The molecular formula is C19H20F2N3+. The zero-order chi connectivity index (χ0) is 17.1. The second-order valence-electron chi connectivity index (χ2n) is 5.86. The molecule has 3 rings (SSSR count). The third kappa shape index (κ3) is 3.51. The van der Waals surface area contributed by atoms with Gasteiger partial charge in [-0.25, -0.2) is 13.5 Å². The Morgan fingerprint density at radius 3 is 2.08 bits per heavy atom. The third-order valence-electron chi connectivity index (χ3n) is 4.15. The highest BCUT2D eigenvalue weighted by Crippen LogP contribution is 2.17. The molecule has 0 aliphatic heterocycles. The van der Waals surface area contributed by atoms with Crippen LogP contribution in [-0.4, -0.2) is 9.78 Å². The van der Waals surface area contributed by atoms with Crippen LogP contribution in [0.4, 0.5) is 8.78 Å². The second-order valence-corrected chi connectivity index (χ2v) is 5.86. The molecule has 0 saturated heterocycles. The molecule has 2 aromatic carbocycles. The standard InChI is InChI=1S/C19H19F2N3/c1-13-19(12-22-11-15-3-5-16(20)6-4-15)14(2)24(23-13)18-9-7-17(21)8-10-18/h3-10,22H,11-12H2,1-2H3/p+1. The summed E-state index contributed by atoms with van der Waals surface area (Å²) < 4.78 is 27.8. The molecule has 1 heterocycles. The maximum atomic E-state index is 13.1. The van der Waals surface area contributed by atoms with Gasteiger partial charge in [-0.3, -0.25) is 0 Å². The van der Waals surface area contributed by atoms with Crippen LogP contribution in [0.25, 0.3) is 5.69 Å². The Bertz CT molecular complexity index is 821. The number of nitrogens with zero attached hydrogens (tertiary/aromatic N) is 2. The summed E-state index contributed by atoms with van der Waals surface area (Å²) in [5, 5.41) is 6.74. The van der Waals surface area contributed by atoms with Crippen molar-refractivity contribution in [1.82, 2.24) is 9.78 Å². The Balaban J connectivity index is 1.72. The van der Waals surface area contributed by atoms with Gasteiger partial charge >= 0.3 is 0 Å². The summed E-state index contributed by atoms with van der Waals surface area (Å²) in [6.07, 6.45) is 0. The highest BCUT2D eigenvalue weighted by atomic mass is 19.1. The van der Waals surface area contributed by atoms with E-state index in [-0.39, 0.29) is 11.6 Å². The first-order valence-corrected chi connectivity index (χ1v) is 7.92. The SMILES string of the molecule is Cc1nn(-c2ccc(F)cc2)c(C)c1C[NH2+]Cc1ccc(F)cc1. The van der Waals surface area contributed by atoms with E-state index in [9.17, 15) is 8.78 Å². The maximum absolute atomic E-state index is 13.1. The van der Waals surface area contributed by atoms with Crippen molar-refractivity contribution in [3.63, 3.8) is 0 Å². The fraction of sp³-hybridized carbons (Fsp3) is 0.211. The van der Waals surface area contributed by atoms with Gasteiger partial charge in [0.25, 0.3) is 0 Å². The summed E-state index contributed by atoms with van der Waals surface area (Å²) in [7, 11) is 0. The van der Waals surface area contributed by atoms with Gasteiger partial charge in [0.15, 0.2) is 0 Å². The van der Waals surface area contributed by atoms with E-state index in [0.717, 1.165) is 35.7 Å². The van der Waals surface area contributed by atoms with E-state index in [1.54, 1.807) is 24.3 Å². The summed E-state index contributed by atoms with van der Waals surface area (Å²) in [6, 6.07) is 12.9. The minimum atomic E-state index is -0.256. The van der Waals surface area contributed by atoms with Crippen molar-refractivity contribution in [2.45, 2.75) is 26.9 Å². The van der Waals surface area contributed by atoms with Gasteiger partial charge in [-0.15, -0.1) is 0 Å². The number of rotatable bonds is 5. The average Bonchev–Trinajstić information content (AvgIpc) is 2.85. The molecule has 0 aliphatic rings. The molecular weight excluding hydrogens is 308 g/mol. The van der Waals surface area contributed by atoms with Crippen molar-refractivity contribution in [2.24, 2.45) is 0 Å². The molecule has 5 heteroatoms. The van der Waals surface area contributed by atoms with Gasteiger partial charge in [0, 0.05) is 5.56 Å². The fourth-order valence-corrected chi connectivity index (χ4v) is 2.81. The molecule has 0 atom stereocenters. The first-order chi connectivity index (χ1) is 11.5. The molecule has 0 fully saturated rings. The van der Waals surface area contributed by atoms with Crippen molar-refractivity contribution >= 4 is 0 Å². The molecule has 0 saturated carbocycles. The Labute approximate surface area is 139 Å². The summed E-state index contributed by atoms with van der Waals surface area (Å²) in [6.45, 7) is 5.57. The second kappa shape index (κ2) is 6.93. The maximum Gasteiger partial charge on any atom is 0.123 e. The molecule has 1 aromatic heterocycles. The van der Waals surface area contributed by atoms with Crippen LogP contribution < -0.4 is 5.32 Å². The predicted molar refractivity (Wildman–Crippen MR) is 88.7 cm³/mol. The molecule has 0 spiro atoms. The van der Waals surface area contributed by atoms with Crippen molar-refractivity contribution in [2.75, 3.05) is 0 Å². The number of quaternary nitrogens is 1. The van der Waals surface area contributed by atoms with Gasteiger partial charge in [0.2, 0.25) is 0 Å². The Hall–Kier alpha value is -2.53. The van der Waals surface area contributed by atoms with Gasteiger partial charge < -0.3 is 5.32 Å². The zero-order valence-electron chi connectivity index (χ0n) is 13.8. The quantitative estimate of drug-likeness (QED) is 0.767. The van der Waals surface area contributed by atoms with E-state index in [4.69, 9.17) is 0 Å². The third-order valence-corrected chi connectivity index (χ3v) is 4.15. The van der Waals surface area contributed by atoms with E-state index in [1.807, 2.05) is 18.5 Å². The Morgan fingerprint density at radius 2 is 1.46 bits per heavy atom. The normalized spacial score (nSPS) is 11.0. The zero-order valence-corrected chi connectivity index (χ0v) is 13.8. The van der Waals surface area contributed by atoms with Crippen LogP contribution in [0.1, 0.15) is 22.5 Å². The largest absolute Gasteiger partial charge is 0.339 e. The fourth-order valence-electron chi connectivity index (χ4n) is 2.81. The van der Waals surface area contributed by atoms with Gasteiger partial charge in [-0.1, -0.05) is 12.1 Å². The first kappa shape index (κ1) is 16.3. The highest BCUT2D eigenvalue weighted by molar-refractivity contribution is 5.36. The van der Waals surface area contributed by atoms with E-state index in [0.29, 0.717) is 0 Å². The number of aromatic nitrogens is 2. The molecule has 0 aliphatic carbocycles. The number of nitrogens with two attached hydrogens (primary N) is 1. The van der Waals surface area contributed by atoms with E-state index < -0.39 is 0 Å². The van der Waals surface area contributed by atoms with Crippen LogP contribution in [0.15, 0.2) is 48.5 Å². The summed E-state index contributed by atoms with van der Waals surface area (Å²) >= 11 is 0. The van der Waals surface area contributed by atoms with Gasteiger partial charge in [-0.05, 0) is 50.2 Å². The monoisotopic (exact) mass is 328 g/mol. The van der Waals surface area contributed by atoms with Crippen LogP contribution in [-0.2, 0) is 13.1 Å². The molecule has 0 bridgehead atoms.